The van der Waals surface area contributed by atoms with Crippen LogP contribution >= 0.6 is 0 Å². The highest BCUT2D eigenvalue weighted by molar-refractivity contribution is 5.95. The Hall–Kier alpha value is -3.34. The van der Waals surface area contributed by atoms with Gasteiger partial charge in [0.05, 0.1) is 6.26 Å². The Labute approximate surface area is 189 Å². The predicted molar refractivity (Wildman–Crippen MR) is 124 cm³/mol. The fraction of sp³-hybridized carbons (Fsp3) is 0.333. The fourth-order valence-corrected chi connectivity index (χ4v) is 4.36. The molecule has 2 heterocycles. The average Bonchev–Trinajstić information content (AvgIpc) is 3.39. The minimum Gasteiger partial charge on any atom is -0.459 e. The molecule has 0 spiro atoms. The Bertz CT molecular complexity index is 978. The van der Waals surface area contributed by atoms with Crippen molar-refractivity contribution >= 4 is 11.8 Å². The van der Waals surface area contributed by atoms with E-state index < -0.39 is 6.04 Å². The molecule has 32 heavy (non-hydrogen) atoms. The molecule has 1 aromatic heterocycles. The minimum absolute atomic E-state index is 0.0183. The van der Waals surface area contributed by atoms with Crippen LogP contribution in [0.1, 0.15) is 40.9 Å². The van der Waals surface area contributed by atoms with Gasteiger partial charge in [0.15, 0.2) is 5.76 Å². The molecule has 1 fully saturated rings. The fourth-order valence-electron chi connectivity index (χ4n) is 4.36. The number of carbonyl (C=O) groups is 2. The lowest BCUT2D eigenvalue weighted by molar-refractivity contribution is -0.134. The molecule has 2 amide bonds. The van der Waals surface area contributed by atoms with Crippen LogP contribution in [0.25, 0.3) is 0 Å². The Morgan fingerprint density at radius 3 is 2.19 bits per heavy atom. The Morgan fingerprint density at radius 2 is 1.56 bits per heavy atom. The zero-order valence-electron chi connectivity index (χ0n) is 18.3. The monoisotopic (exact) mass is 430 g/mol. The van der Waals surface area contributed by atoms with E-state index in [2.05, 4.69) is 29.6 Å². The molecule has 2 aromatic carbocycles. The molecule has 1 atom stereocenters. The van der Waals surface area contributed by atoms with Crippen LogP contribution in [-0.4, -0.2) is 35.8 Å². The minimum atomic E-state index is -0.615. The molecule has 5 nitrogen and oxygen atoms in total. The molecule has 5 heteroatoms. The zero-order chi connectivity index (χ0) is 22.2. The van der Waals surface area contributed by atoms with Crippen molar-refractivity contribution in [3.8, 4) is 0 Å². The molecular weight excluding hydrogens is 400 g/mol. The van der Waals surface area contributed by atoms with Crippen molar-refractivity contribution in [2.24, 2.45) is 5.92 Å². The molecule has 0 unspecified atom stereocenters. The van der Waals surface area contributed by atoms with E-state index in [1.165, 1.54) is 11.8 Å². The van der Waals surface area contributed by atoms with Crippen LogP contribution in [0.3, 0.4) is 0 Å². The highest BCUT2D eigenvalue weighted by Crippen LogP contribution is 2.23. The van der Waals surface area contributed by atoms with Crippen LogP contribution in [0.4, 0.5) is 0 Å². The zero-order valence-corrected chi connectivity index (χ0v) is 18.3. The summed E-state index contributed by atoms with van der Waals surface area (Å²) in [6.45, 7) is 1.47. The van der Waals surface area contributed by atoms with Gasteiger partial charge in [-0.1, -0.05) is 60.7 Å². The largest absolute Gasteiger partial charge is 0.459 e. The summed E-state index contributed by atoms with van der Waals surface area (Å²) >= 11 is 0. The summed E-state index contributed by atoms with van der Waals surface area (Å²) in [6, 6.07) is 23.0. The van der Waals surface area contributed by atoms with E-state index in [-0.39, 0.29) is 17.6 Å². The number of furan rings is 1. The third-order valence-electron chi connectivity index (χ3n) is 6.24. The van der Waals surface area contributed by atoms with E-state index in [0.717, 1.165) is 44.3 Å². The standard InChI is InChI=1S/C27H30N2O3/c30-26(25-12-7-19-32-25)28-24(20-23-10-5-2-6-11-23)27(31)29-17-15-22(16-18-29)14-13-21-8-3-1-4-9-21/h1-12,19,22,24H,13-18,20H2,(H,28,30)/t24-/m0/s1. The van der Waals surface area contributed by atoms with Gasteiger partial charge in [-0.2, -0.15) is 0 Å². The summed E-state index contributed by atoms with van der Waals surface area (Å²) in [7, 11) is 0. The lowest BCUT2D eigenvalue weighted by Crippen LogP contribution is -2.51. The van der Waals surface area contributed by atoms with Gasteiger partial charge < -0.3 is 14.6 Å². The predicted octanol–water partition coefficient (Wildman–Crippen LogP) is 4.49. The molecule has 1 N–H and O–H groups in total. The maximum absolute atomic E-state index is 13.4. The number of likely N-dealkylation sites (tertiary alicyclic amines) is 1. The van der Waals surface area contributed by atoms with Gasteiger partial charge in [0.2, 0.25) is 5.91 Å². The van der Waals surface area contributed by atoms with Crippen molar-refractivity contribution in [2.75, 3.05) is 13.1 Å². The topological polar surface area (TPSA) is 62.6 Å². The van der Waals surface area contributed by atoms with E-state index in [0.29, 0.717) is 12.3 Å². The van der Waals surface area contributed by atoms with Crippen molar-refractivity contribution in [2.45, 2.75) is 38.1 Å². The van der Waals surface area contributed by atoms with Crippen molar-refractivity contribution in [3.63, 3.8) is 0 Å². The molecule has 0 bridgehead atoms. The van der Waals surface area contributed by atoms with Gasteiger partial charge in [0.1, 0.15) is 6.04 Å². The van der Waals surface area contributed by atoms with Crippen molar-refractivity contribution in [3.05, 3.63) is 95.9 Å². The average molecular weight is 431 g/mol. The third-order valence-corrected chi connectivity index (χ3v) is 6.24. The van der Waals surface area contributed by atoms with Gasteiger partial charge in [0, 0.05) is 19.5 Å². The molecule has 3 aromatic rings. The number of benzene rings is 2. The van der Waals surface area contributed by atoms with E-state index >= 15 is 0 Å². The first-order chi connectivity index (χ1) is 15.7. The number of hydrogen-bond donors (Lipinski definition) is 1. The lowest BCUT2D eigenvalue weighted by Gasteiger charge is -2.34. The summed E-state index contributed by atoms with van der Waals surface area (Å²) in [4.78, 5) is 27.9. The van der Waals surface area contributed by atoms with Crippen molar-refractivity contribution in [1.29, 1.82) is 0 Å². The molecule has 1 saturated heterocycles. The summed E-state index contributed by atoms with van der Waals surface area (Å²) in [5.74, 6) is 0.470. The molecular formula is C27H30N2O3. The summed E-state index contributed by atoms with van der Waals surface area (Å²) in [5, 5.41) is 2.90. The number of aryl methyl sites for hydroxylation is 1. The summed E-state index contributed by atoms with van der Waals surface area (Å²) < 4.78 is 5.21. The first kappa shape index (κ1) is 21.9. The van der Waals surface area contributed by atoms with Crippen LogP contribution in [0.5, 0.6) is 0 Å². The molecule has 4 rings (SSSR count). The highest BCUT2D eigenvalue weighted by Gasteiger charge is 2.30. The van der Waals surface area contributed by atoms with Crippen LogP contribution in [0.2, 0.25) is 0 Å². The number of nitrogens with one attached hydrogen (secondary N) is 1. The van der Waals surface area contributed by atoms with E-state index in [1.54, 1.807) is 12.1 Å². The van der Waals surface area contributed by atoms with Gasteiger partial charge >= 0.3 is 0 Å². The second kappa shape index (κ2) is 10.8. The van der Waals surface area contributed by atoms with Crippen molar-refractivity contribution in [1.82, 2.24) is 10.2 Å². The van der Waals surface area contributed by atoms with E-state index in [4.69, 9.17) is 4.42 Å². The first-order valence-electron chi connectivity index (χ1n) is 11.4. The summed E-state index contributed by atoms with van der Waals surface area (Å²) in [5.41, 5.74) is 2.39. The number of rotatable bonds is 8. The smallest absolute Gasteiger partial charge is 0.287 e. The van der Waals surface area contributed by atoms with E-state index in [1.807, 2.05) is 41.3 Å². The molecule has 0 aliphatic carbocycles. The Kier molecular flexibility index (Phi) is 7.38. The number of nitrogens with zero attached hydrogens (tertiary/aromatic N) is 1. The Morgan fingerprint density at radius 1 is 0.906 bits per heavy atom. The summed E-state index contributed by atoms with van der Waals surface area (Å²) in [6.07, 6.45) is 6.15. The van der Waals surface area contributed by atoms with Gasteiger partial charge in [-0.05, 0) is 54.9 Å². The molecule has 0 radical (unpaired) electrons. The first-order valence-corrected chi connectivity index (χ1v) is 11.4. The molecule has 0 saturated carbocycles. The van der Waals surface area contributed by atoms with Gasteiger partial charge in [-0.15, -0.1) is 0 Å². The van der Waals surface area contributed by atoms with Crippen LogP contribution in [0.15, 0.2) is 83.5 Å². The number of piperidine rings is 1. The van der Waals surface area contributed by atoms with Crippen molar-refractivity contribution < 1.29 is 14.0 Å². The molecule has 1 aliphatic rings. The highest BCUT2D eigenvalue weighted by atomic mass is 16.3. The lowest BCUT2D eigenvalue weighted by atomic mass is 9.90. The van der Waals surface area contributed by atoms with Gasteiger partial charge in [0.25, 0.3) is 5.91 Å². The third kappa shape index (κ3) is 5.88. The molecule has 1 aliphatic heterocycles. The van der Waals surface area contributed by atoms with E-state index in [9.17, 15) is 9.59 Å². The number of amides is 2. The quantitative estimate of drug-likeness (QED) is 0.573. The maximum atomic E-state index is 13.4. The number of carbonyl (C=O) groups excluding carboxylic acids is 2. The normalized spacial score (nSPS) is 15.3. The maximum Gasteiger partial charge on any atom is 0.287 e. The Balaban J connectivity index is 1.35. The van der Waals surface area contributed by atoms with Crippen LogP contribution in [-0.2, 0) is 17.6 Å². The van der Waals surface area contributed by atoms with Crippen LogP contribution < -0.4 is 5.32 Å². The van der Waals surface area contributed by atoms with Gasteiger partial charge in [-0.3, -0.25) is 9.59 Å². The second-order valence-electron chi connectivity index (χ2n) is 8.49. The second-order valence-corrected chi connectivity index (χ2v) is 8.49. The SMILES string of the molecule is O=C(N[C@@H](Cc1ccccc1)C(=O)N1CCC(CCc2ccccc2)CC1)c1ccco1. The number of hydrogen-bond acceptors (Lipinski definition) is 3. The van der Waals surface area contributed by atoms with Gasteiger partial charge in [-0.25, -0.2) is 0 Å². The van der Waals surface area contributed by atoms with Crippen LogP contribution in [0, 0.1) is 5.92 Å². The molecule has 166 valence electrons.